The lowest BCUT2D eigenvalue weighted by atomic mass is 9.58. The topological polar surface area (TPSA) is 89.9 Å². The number of rotatable bonds is 11. The second-order valence-corrected chi connectivity index (χ2v) is 10.7. The summed E-state index contributed by atoms with van der Waals surface area (Å²) in [7, 11) is 1.27. The van der Waals surface area contributed by atoms with Gasteiger partial charge >= 0.3 is 11.9 Å². The van der Waals surface area contributed by atoms with Gasteiger partial charge < -0.3 is 14.6 Å². The van der Waals surface area contributed by atoms with E-state index in [2.05, 4.69) is 37.7 Å². The minimum atomic E-state index is -1.01. The summed E-state index contributed by atoms with van der Waals surface area (Å²) in [5.74, 6) is 1.22. The molecule has 1 fully saturated rings. The fraction of sp³-hybridized carbons (Fsp3) is 0.815. The van der Waals surface area contributed by atoms with Crippen molar-refractivity contribution in [1.82, 2.24) is 0 Å². The monoisotopic (exact) mass is 464 g/mol. The van der Waals surface area contributed by atoms with E-state index < -0.39 is 12.1 Å². The number of aliphatic hydroxyl groups is 1. The van der Waals surface area contributed by atoms with Crippen LogP contribution in [0.25, 0.3) is 0 Å². The van der Waals surface area contributed by atoms with Crippen molar-refractivity contribution >= 4 is 17.7 Å². The van der Waals surface area contributed by atoms with E-state index in [1.165, 1.54) is 7.11 Å². The largest absolute Gasteiger partial charge is 0.469 e. The van der Waals surface area contributed by atoms with Gasteiger partial charge in [0.05, 0.1) is 25.6 Å². The van der Waals surface area contributed by atoms with Gasteiger partial charge in [0.1, 0.15) is 11.9 Å². The highest BCUT2D eigenvalue weighted by molar-refractivity contribution is 5.80. The quantitative estimate of drug-likeness (QED) is 0.351. The fourth-order valence-electron chi connectivity index (χ4n) is 5.72. The van der Waals surface area contributed by atoms with Crippen molar-refractivity contribution in [2.24, 2.45) is 41.4 Å². The average molecular weight is 465 g/mol. The van der Waals surface area contributed by atoms with E-state index in [0.29, 0.717) is 36.5 Å². The molecule has 8 atom stereocenters. The highest BCUT2D eigenvalue weighted by Crippen LogP contribution is 2.49. The number of hydrogen-bond acceptors (Lipinski definition) is 6. The Bertz CT molecular complexity index is 699. The maximum absolute atomic E-state index is 12.7. The highest BCUT2D eigenvalue weighted by Gasteiger charge is 2.46. The maximum atomic E-state index is 12.7. The summed E-state index contributed by atoms with van der Waals surface area (Å²) in [4.78, 5) is 36.7. The standard InChI is InChI=1S/C27H44O6/c1-7-18(5)27(31)33-24-13-17(4)12-19-8-10-22(16(2)3)23(26(19)24)11-9-20(28)14-21(29)15-25(30)32-6/h8,10,16-19,21-24,26,29H,7,9,11-15H2,1-6H3/t17-,18-,19-,21+,22+,23-,24-,26-/m0/s1. The molecule has 0 aromatic heterocycles. The van der Waals surface area contributed by atoms with Crippen molar-refractivity contribution in [3.63, 3.8) is 0 Å². The molecular weight excluding hydrogens is 420 g/mol. The predicted octanol–water partition coefficient (Wildman–Crippen LogP) is 4.73. The highest BCUT2D eigenvalue weighted by atomic mass is 16.5. The molecule has 0 aliphatic heterocycles. The Labute approximate surface area is 199 Å². The van der Waals surface area contributed by atoms with Crippen LogP contribution in [0.3, 0.4) is 0 Å². The number of Topliss-reactive ketones (excluding diaryl/α,β-unsaturated/α-hetero) is 1. The number of hydrogen-bond donors (Lipinski definition) is 1. The van der Waals surface area contributed by atoms with Gasteiger partial charge in [-0.25, -0.2) is 0 Å². The molecule has 0 aromatic rings. The summed E-state index contributed by atoms with van der Waals surface area (Å²) in [6.45, 7) is 10.6. The van der Waals surface area contributed by atoms with Gasteiger partial charge in [0, 0.05) is 18.8 Å². The van der Waals surface area contributed by atoms with E-state index in [1.807, 2.05) is 13.8 Å². The van der Waals surface area contributed by atoms with Gasteiger partial charge in [-0.05, 0) is 55.3 Å². The van der Waals surface area contributed by atoms with Crippen LogP contribution in [0, 0.1) is 41.4 Å². The third-order valence-corrected chi connectivity index (χ3v) is 7.70. The van der Waals surface area contributed by atoms with Crippen LogP contribution in [-0.4, -0.2) is 42.1 Å². The van der Waals surface area contributed by atoms with Crippen molar-refractivity contribution in [2.45, 2.75) is 91.8 Å². The third-order valence-electron chi connectivity index (χ3n) is 7.70. The summed E-state index contributed by atoms with van der Waals surface area (Å²) in [6.07, 6.45) is 7.05. The first kappa shape index (κ1) is 27.6. The second kappa shape index (κ2) is 12.7. The third kappa shape index (κ3) is 7.66. The van der Waals surface area contributed by atoms with E-state index in [0.717, 1.165) is 19.3 Å². The second-order valence-electron chi connectivity index (χ2n) is 10.7. The number of allylic oxidation sites excluding steroid dienone is 2. The van der Waals surface area contributed by atoms with Gasteiger partial charge in [0.15, 0.2) is 0 Å². The average Bonchev–Trinajstić information content (AvgIpc) is 2.75. The Morgan fingerprint density at radius 1 is 1.09 bits per heavy atom. The van der Waals surface area contributed by atoms with Crippen LogP contribution >= 0.6 is 0 Å². The molecule has 1 N–H and O–H groups in total. The van der Waals surface area contributed by atoms with E-state index in [1.54, 1.807) is 0 Å². The molecule has 0 radical (unpaired) electrons. The Morgan fingerprint density at radius 2 is 1.79 bits per heavy atom. The molecule has 188 valence electrons. The van der Waals surface area contributed by atoms with Crippen LogP contribution in [0.1, 0.15) is 79.6 Å². The van der Waals surface area contributed by atoms with Gasteiger partial charge in [-0.15, -0.1) is 0 Å². The summed E-state index contributed by atoms with van der Waals surface area (Å²) in [5, 5.41) is 10.0. The van der Waals surface area contributed by atoms with Gasteiger partial charge in [-0.2, -0.15) is 0 Å². The van der Waals surface area contributed by atoms with Crippen molar-refractivity contribution in [3.05, 3.63) is 12.2 Å². The number of ketones is 1. The molecule has 0 heterocycles. The number of ether oxygens (including phenoxy) is 2. The van der Waals surface area contributed by atoms with Gasteiger partial charge in [0.2, 0.25) is 0 Å². The zero-order valence-electron chi connectivity index (χ0n) is 21.3. The summed E-state index contributed by atoms with van der Waals surface area (Å²) < 4.78 is 10.7. The van der Waals surface area contributed by atoms with Crippen LogP contribution in [0.15, 0.2) is 12.2 Å². The molecule has 0 aromatic carbocycles. The lowest BCUT2D eigenvalue weighted by Gasteiger charge is -2.49. The molecule has 0 spiro atoms. The molecule has 1 saturated carbocycles. The molecule has 0 unspecified atom stereocenters. The first-order chi connectivity index (χ1) is 15.6. The fourth-order valence-corrected chi connectivity index (χ4v) is 5.72. The van der Waals surface area contributed by atoms with Crippen LogP contribution in [-0.2, 0) is 23.9 Å². The van der Waals surface area contributed by atoms with Crippen LogP contribution < -0.4 is 0 Å². The number of aliphatic hydroxyl groups excluding tert-OH is 1. The molecule has 2 rings (SSSR count). The van der Waals surface area contributed by atoms with Crippen molar-refractivity contribution in [1.29, 1.82) is 0 Å². The summed E-state index contributed by atoms with van der Waals surface area (Å²) in [5.41, 5.74) is 0. The molecule has 0 bridgehead atoms. The number of carbonyl (C=O) groups excluding carboxylic acids is 3. The summed E-state index contributed by atoms with van der Waals surface area (Å²) >= 11 is 0. The molecule has 2 aliphatic rings. The first-order valence-corrected chi connectivity index (χ1v) is 12.7. The van der Waals surface area contributed by atoms with E-state index >= 15 is 0 Å². The van der Waals surface area contributed by atoms with Crippen LogP contribution in [0.5, 0.6) is 0 Å². The number of esters is 2. The molecule has 6 nitrogen and oxygen atoms in total. The summed E-state index contributed by atoms with van der Waals surface area (Å²) in [6, 6.07) is 0. The Kier molecular flexibility index (Phi) is 10.6. The lowest BCUT2D eigenvalue weighted by molar-refractivity contribution is -0.164. The van der Waals surface area contributed by atoms with Gasteiger partial charge in [-0.1, -0.05) is 46.8 Å². The first-order valence-electron chi connectivity index (χ1n) is 12.7. The van der Waals surface area contributed by atoms with Gasteiger partial charge in [-0.3, -0.25) is 14.4 Å². The Balaban J connectivity index is 2.15. The molecule has 0 saturated heterocycles. The zero-order valence-corrected chi connectivity index (χ0v) is 21.3. The smallest absolute Gasteiger partial charge is 0.308 e. The van der Waals surface area contributed by atoms with Crippen LogP contribution in [0.4, 0.5) is 0 Å². The molecular formula is C27H44O6. The number of methoxy groups -OCH3 is 1. The maximum Gasteiger partial charge on any atom is 0.308 e. The molecule has 6 heteroatoms. The molecule has 0 amide bonds. The SMILES string of the molecule is CC[C@H](C)C(=O)O[C@H]1C[C@@H](C)C[C@@H]2C=C[C@H](C(C)C)[C@H](CCC(=O)C[C@@H](O)CC(=O)OC)[C@@H]12. The van der Waals surface area contributed by atoms with Crippen molar-refractivity contribution in [3.8, 4) is 0 Å². The molecule has 33 heavy (non-hydrogen) atoms. The van der Waals surface area contributed by atoms with E-state index in [-0.39, 0.29) is 48.5 Å². The van der Waals surface area contributed by atoms with Gasteiger partial charge in [0.25, 0.3) is 0 Å². The lowest BCUT2D eigenvalue weighted by Crippen LogP contribution is -2.47. The van der Waals surface area contributed by atoms with E-state index in [4.69, 9.17) is 4.74 Å². The van der Waals surface area contributed by atoms with Crippen LogP contribution in [0.2, 0.25) is 0 Å². The number of fused-ring (bicyclic) bond motifs is 1. The minimum absolute atomic E-state index is 0.0401. The predicted molar refractivity (Wildman–Crippen MR) is 127 cm³/mol. The molecule has 2 aliphatic carbocycles. The van der Waals surface area contributed by atoms with Crippen molar-refractivity contribution in [2.75, 3.05) is 7.11 Å². The Hall–Kier alpha value is -1.69. The minimum Gasteiger partial charge on any atom is -0.469 e. The Morgan fingerprint density at radius 3 is 2.39 bits per heavy atom. The normalized spacial score (nSPS) is 30.9. The van der Waals surface area contributed by atoms with E-state index in [9.17, 15) is 19.5 Å². The zero-order chi connectivity index (χ0) is 24.7. The van der Waals surface area contributed by atoms with Crippen molar-refractivity contribution < 1.29 is 29.0 Å². The number of carbonyl (C=O) groups is 3.